The van der Waals surface area contributed by atoms with Crippen LogP contribution < -0.4 is 10.1 Å². The van der Waals surface area contributed by atoms with E-state index in [1.807, 2.05) is 32.0 Å². The molecule has 0 radical (unpaired) electrons. The summed E-state index contributed by atoms with van der Waals surface area (Å²) in [7, 11) is 0. The summed E-state index contributed by atoms with van der Waals surface area (Å²) < 4.78 is 18.6. The fourth-order valence-corrected chi connectivity index (χ4v) is 2.58. The Bertz CT molecular complexity index is 777. The topological polar surface area (TPSA) is 58.6 Å². The Morgan fingerprint density at radius 2 is 1.89 bits per heavy atom. The summed E-state index contributed by atoms with van der Waals surface area (Å²) in [5.41, 5.74) is 1.83. The van der Waals surface area contributed by atoms with Gasteiger partial charge in [-0.05, 0) is 56.2 Å². The lowest BCUT2D eigenvalue weighted by atomic mass is 10.2. The van der Waals surface area contributed by atoms with E-state index in [4.69, 9.17) is 4.74 Å². The molecular weight excluding hydrogens is 347 g/mol. The third-order valence-electron chi connectivity index (χ3n) is 4.08. The molecule has 0 aromatic heterocycles. The van der Waals surface area contributed by atoms with Gasteiger partial charge in [0.1, 0.15) is 11.6 Å². The Morgan fingerprint density at radius 3 is 2.52 bits per heavy atom. The van der Waals surface area contributed by atoms with E-state index in [9.17, 15) is 14.0 Å². The molecule has 0 aliphatic heterocycles. The van der Waals surface area contributed by atoms with Gasteiger partial charge in [-0.1, -0.05) is 24.3 Å². The summed E-state index contributed by atoms with van der Waals surface area (Å²) in [5.74, 6) is -0.240. The monoisotopic (exact) mass is 372 g/mol. The molecule has 1 atom stereocenters. The number of aryl methyl sites for hydroxylation is 1. The van der Waals surface area contributed by atoms with Crippen LogP contribution in [0.2, 0.25) is 0 Å². The number of hydrogen-bond acceptors (Lipinski definition) is 3. The number of nitrogens with one attached hydrogen (secondary N) is 1. The van der Waals surface area contributed by atoms with Crippen molar-refractivity contribution in [2.45, 2.75) is 33.4 Å². The molecule has 0 aliphatic rings. The molecule has 5 nitrogen and oxygen atoms in total. The molecule has 2 rings (SSSR count). The van der Waals surface area contributed by atoms with E-state index in [1.165, 1.54) is 17.0 Å². The van der Waals surface area contributed by atoms with E-state index in [2.05, 4.69) is 5.32 Å². The number of ether oxygens (including phenoxy) is 1. The van der Waals surface area contributed by atoms with Crippen molar-refractivity contribution in [1.29, 1.82) is 0 Å². The number of rotatable bonds is 8. The van der Waals surface area contributed by atoms with Crippen molar-refractivity contribution in [1.82, 2.24) is 10.2 Å². The van der Waals surface area contributed by atoms with Crippen molar-refractivity contribution in [2.24, 2.45) is 0 Å². The van der Waals surface area contributed by atoms with Crippen LogP contribution in [0.15, 0.2) is 48.5 Å². The number of hydrogen-bond donors (Lipinski definition) is 1. The Balaban J connectivity index is 1.87. The van der Waals surface area contributed by atoms with Gasteiger partial charge in [0.25, 0.3) is 5.91 Å². The first-order valence-corrected chi connectivity index (χ1v) is 8.92. The first kappa shape index (κ1) is 20.4. The minimum absolute atomic E-state index is 0.0575. The first-order chi connectivity index (χ1) is 12.9. The molecule has 0 spiro atoms. The second-order valence-corrected chi connectivity index (χ2v) is 6.33. The molecule has 2 amide bonds. The lowest BCUT2D eigenvalue weighted by molar-refractivity contribution is -0.141. The number of amides is 2. The van der Waals surface area contributed by atoms with Gasteiger partial charge in [-0.3, -0.25) is 9.59 Å². The van der Waals surface area contributed by atoms with Gasteiger partial charge in [-0.25, -0.2) is 4.39 Å². The molecule has 2 aromatic rings. The summed E-state index contributed by atoms with van der Waals surface area (Å²) in [6.07, 6.45) is -0.698. The number of benzene rings is 2. The van der Waals surface area contributed by atoms with Gasteiger partial charge in [-0.15, -0.1) is 0 Å². The number of carbonyl (C=O) groups is 2. The van der Waals surface area contributed by atoms with Crippen LogP contribution in [-0.2, 0) is 16.1 Å². The highest BCUT2D eigenvalue weighted by Gasteiger charge is 2.23. The average molecular weight is 372 g/mol. The summed E-state index contributed by atoms with van der Waals surface area (Å²) in [6.45, 7) is 6.04. The maximum absolute atomic E-state index is 12.9. The van der Waals surface area contributed by atoms with E-state index < -0.39 is 6.10 Å². The van der Waals surface area contributed by atoms with Crippen LogP contribution in [0, 0.1) is 12.7 Å². The molecule has 27 heavy (non-hydrogen) atoms. The fourth-order valence-electron chi connectivity index (χ4n) is 2.58. The third kappa shape index (κ3) is 6.40. The highest BCUT2D eigenvalue weighted by atomic mass is 19.1. The van der Waals surface area contributed by atoms with Gasteiger partial charge in [0.2, 0.25) is 5.91 Å². The lowest BCUT2D eigenvalue weighted by Crippen LogP contribution is -2.45. The molecule has 0 unspecified atom stereocenters. The zero-order valence-corrected chi connectivity index (χ0v) is 15.9. The van der Waals surface area contributed by atoms with Crippen molar-refractivity contribution in [2.75, 3.05) is 13.1 Å². The summed E-state index contributed by atoms with van der Waals surface area (Å²) >= 11 is 0. The molecule has 6 heteroatoms. The average Bonchev–Trinajstić information content (AvgIpc) is 2.65. The van der Waals surface area contributed by atoms with E-state index in [0.29, 0.717) is 12.3 Å². The summed E-state index contributed by atoms with van der Waals surface area (Å²) in [4.78, 5) is 26.2. The molecular formula is C21H25FN2O3. The zero-order chi connectivity index (χ0) is 19.8. The summed E-state index contributed by atoms with van der Waals surface area (Å²) in [5, 5.41) is 2.74. The van der Waals surface area contributed by atoms with Gasteiger partial charge >= 0.3 is 0 Å². The number of carbonyl (C=O) groups excluding carboxylic acids is 2. The second kappa shape index (κ2) is 9.71. The van der Waals surface area contributed by atoms with Crippen LogP contribution in [-0.4, -0.2) is 35.9 Å². The maximum Gasteiger partial charge on any atom is 0.263 e. The molecule has 0 aliphatic carbocycles. The van der Waals surface area contributed by atoms with Crippen LogP contribution in [0.5, 0.6) is 5.75 Å². The third-order valence-corrected chi connectivity index (χ3v) is 4.08. The molecule has 0 heterocycles. The van der Waals surface area contributed by atoms with Gasteiger partial charge in [0.05, 0.1) is 6.54 Å². The maximum atomic E-state index is 12.9. The predicted octanol–water partition coefficient (Wildman–Crippen LogP) is 3.07. The van der Waals surface area contributed by atoms with Crippen molar-refractivity contribution in [3.8, 4) is 5.75 Å². The van der Waals surface area contributed by atoms with Crippen molar-refractivity contribution < 1.29 is 18.7 Å². The molecule has 0 saturated heterocycles. The first-order valence-electron chi connectivity index (χ1n) is 8.92. The minimum Gasteiger partial charge on any atom is -0.481 e. The Morgan fingerprint density at radius 1 is 1.19 bits per heavy atom. The smallest absolute Gasteiger partial charge is 0.263 e. The molecule has 144 valence electrons. The van der Waals surface area contributed by atoms with Crippen molar-refractivity contribution in [3.05, 3.63) is 65.5 Å². The van der Waals surface area contributed by atoms with Gasteiger partial charge in [0.15, 0.2) is 6.10 Å². The van der Waals surface area contributed by atoms with E-state index in [-0.39, 0.29) is 30.7 Å². The van der Waals surface area contributed by atoms with Crippen LogP contribution in [0.1, 0.15) is 25.0 Å². The highest BCUT2D eigenvalue weighted by Crippen LogP contribution is 2.15. The fraction of sp³-hybridized carbons (Fsp3) is 0.333. The highest BCUT2D eigenvalue weighted by molar-refractivity contribution is 5.87. The van der Waals surface area contributed by atoms with E-state index >= 15 is 0 Å². The van der Waals surface area contributed by atoms with Crippen molar-refractivity contribution >= 4 is 11.8 Å². The zero-order valence-electron chi connectivity index (χ0n) is 15.9. The van der Waals surface area contributed by atoms with Crippen LogP contribution >= 0.6 is 0 Å². The predicted molar refractivity (Wildman–Crippen MR) is 102 cm³/mol. The van der Waals surface area contributed by atoms with Crippen LogP contribution in [0.25, 0.3) is 0 Å². The molecule has 0 saturated carbocycles. The molecule has 0 bridgehead atoms. The lowest BCUT2D eigenvalue weighted by Gasteiger charge is -2.24. The quantitative estimate of drug-likeness (QED) is 0.775. The number of nitrogens with zero attached hydrogens (tertiary/aromatic N) is 1. The van der Waals surface area contributed by atoms with Gasteiger partial charge in [0, 0.05) is 13.1 Å². The van der Waals surface area contributed by atoms with E-state index in [1.54, 1.807) is 25.1 Å². The Hall–Kier alpha value is -2.89. The number of halogens is 1. The molecule has 2 aromatic carbocycles. The van der Waals surface area contributed by atoms with Gasteiger partial charge in [-0.2, -0.15) is 0 Å². The summed E-state index contributed by atoms with van der Waals surface area (Å²) in [6, 6.07) is 13.4. The molecule has 0 fully saturated rings. The standard InChI is InChI=1S/C21H25FN2O3/c1-4-24(14-20(25)23-13-17-8-10-18(22)11-9-17)21(26)16(3)27-19-7-5-6-15(2)12-19/h5-12,16H,4,13-14H2,1-3H3,(H,23,25)/t16-/m1/s1. The number of likely N-dealkylation sites (N-methyl/N-ethyl adjacent to an activating group) is 1. The normalized spacial score (nSPS) is 11.6. The van der Waals surface area contributed by atoms with Gasteiger partial charge < -0.3 is 15.0 Å². The Labute approximate surface area is 159 Å². The van der Waals surface area contributed by atoms with E-state index in [0.717, 1.165) is 11.1 Å². The SMILES string of the molecule is CCN(CC(=O)NCc1ccc(F)cc1)C(=O)[C@@H](C)Oc1cccc(C)c1. The Kier molecular flexibility index (Phi) is 7.34. The molecule has 1 N–H and O–H groups in total. The second-order valence-electron chi connectivity index (χ2n) is 6.33. The minimum atomic E-state index is -0.698. The van der Waals surface area contributed by atoms with Crippen LogP contribution in [0.4, 0.5) is 4.39 Å². The largest absolute Gasteiger partial charge is 0.481 e. The van der Waals surface area contributed by atoms with Crippen molar-refractivity contribution in [3.63, 3.8) is 0 Å². The van der Waals surface area contributed by atoms with Crippen LogP contribution in [0.3, 0.4) is 0 Å².